The third-order valence-electron chi connectivity index (χ3n) is 5.13. The average Bonchev–Trinajstić information content (AvgIpc) is 3.19. The number of aromatic nitrogens is 1. The maximum atomic E-state index is 13.4. The Morgan fingerprint density at radius 3 is 2.27 bits per heavy atom. The lowest BCUT2D eigenvalue weighted by molar-refractivity contribution is 0.0980. The van der Waals surface area contributed by atoms with Gasteiger partial charge in [-0.2, -0.15) is 0 Å². The first kappa shape index (κ1) is 21.9. The molecule has 0 aliphatic heterocycles. The van der Waals surface area contributed by atoms with E-state index in [1.165, 1.54) is 18.3 Å². The van der Waals surface area contributed by atoms with E-state index in [9.17, 15) is 9.59 Å². The number of ether oxygens (including phenoxy) is 1. The lowest BCUT2D eigenvalue weighted by Gasteiger charge is -2.24. The second-order valence-electron chi connectivity index (χ2n) is 6.95. The van der Waals surface area contributed by atoms with Gasteiger partial charge < -0.3 is 9.64 Å². The second-order valence-corrected chi connectivity index (χ2v) is 7.96. The molecule has 2 aromatic carbocycles. The Kier molecular flexibility index (Phi) is 7.18. The lowest BCUT2D eigenvalue weighted by Crippen LogP contribution is -2.38. The van der Waals surface area contributed by atoms with Crippen LogP contribution in [0.15, 0.2) is 42.5 Å². The van der Waals surface area contributed by atoms with Gasteiger partial charge >= 0.3 is 0 Å². The van der Waals surface area contributed by atoms with Crippen molar-refractivity contribution in [2.75, 3.05) is 38.2 Å². The lowest BCUT2D eigenvalue weighted by atomic mass is 10.1. The normalized spacial score (nSPS) is 11.1. The van der Waals surface area contributed by atoms with Crippen LogP contribution in [-0.2, 0) is 0 Å². The largest absolute Gasteiger partial charge is 0.497 e. The summed E-state index contributed by atoms with van der Waals surface area (Å²) >= 11 is 1.49. The van der Waals surface area contributed by atoms with Crippen molar-refractivity contribution >= 4 is 38.4 Å². The SMILES string of the molecule is CCN(CC)CCN(C(=O)c1ccc(C(C)=O)cc1)c1nc2cc(OC)ccc2s1. The number of likely N-dealkylation sites (N-methyl/N-ethyl adjacent to an activating group) is 1. The van der Waals surface area contributed by atoms with Gasteiger partial charge in [-0.05, 0) is 44.3 Å². The number of carbonyl (C=O) groups excluding carboxylic acids is 2. The molecule has 1 heterocycles. The Balaban J connectivity index is 1.95. The zero-order chi connectivity index (χ0) is 21.7. The first-order valence-electron chi connectivity index (χ1n) is 10.1. The quantitative estimate of drug-likeness (QED) is 0.473. The highest BCUT2D eigenvalue weighted by Gasteiger charge is 2.22. The first-order valence-corrected chi connectivity index (χ1v) is 10.9. The Morgan fingerprint density at radius 2 is 1.67 bits per heavy atom. The summed E-state index contributed by atoms with van der Waals surface area (Å²) < 4.78 is 6.30. The van der Waals surface area contributed by atoms with Gasteiger partial charge in [-0.25, -0.2) is 4.98 Å². The Bertz CT molecular complexity index is 1030. The molecule has 0 aliphatic carbocycles. The summed E-state index contributed by atoms with van der Waals surface area (Å²) in [6.45, 7) is 8.87. The van der Waals surface area contributed by atoms with E-state index < -0.39 is 0 Å². The fraction of sp³-hybridized carbons (Fsp3) is 0.348. The minimum atomic E-state index is -0.122. The van der Waals surface area contributed by atoms with E-state index in [-0.39, 0.29) is 11.7 Å². The molecule has 0 saturated heterocycles. The van der Waals surface area contributed by atoms with Crippen molar-refractivity contribution in [1.29, 1.82) is 0 Å². The van der Waals surface area contributed by atoms with Crippen molar-refractivity contribution in [3.8, 4) is 5.75 Å². The third-order valence-corrected chi connectivity index (χ3v) is 6.19. The average molecular weight is 426 g/mol. The molecule has 0 N–H and O–H groups in total. The number of carbonyl (C=O) groups is 2. The Hall–Kier alpha value is -2.77. The molecule has 0 saturated carbocycles. The molecule has 0 fully saturated rings. The molecular formula is C23H27N3O3S. The number of rotatable bonds is 9. The van der Waals surface area contributed by atoms with Crippen molar-refractivity contribution in [2.24, 2.45) is 0 Å². The summed E-state index contributed by atoms with van der Waals surface area (Å²) in [5, 5.41) is 0.658. The van der Waals surface area contributed by atoms with Gasteiger partial charge in [0, 0.05) is 30.3 Å². The van der Waals surface area contributed by atoms with Crippen molar-refractivity contribution in [3.63, 3.8) is 0 Å². The molecule has 3 aromatic rings. The number of Topliss-reactive ketones (excluding diaryl/α,β-unsaturated/α-hetero) is 1. The van der Waals surface area contributed by atoms with Crippen LogP contribution in [0.4, 0.5) is 5.13 Å². The van der Waals surface area contributed by atoms with Gasteiger partial charge in [0.15, 0.2) is 10.9 Å². The molecule has 1 aromatic heterocycles. The monoisotopic (exact) mass is 425 g/mol. The number of anilines is 1. The smallest absolute Gasteiger partial charge is 0.260 e. The highest BCUT2D eigenvalue weighted by Crippen LogP contribution is 2.32. The van der Waals surface area contributed by atoms with Crippen LogP contribution in [-0.4, -0.2) is 54.9 Å². The molecule has 0 unspecified atom stereocenters. The fourth-order valence-corrected chi connectivity index (χ4v) is 4.18. The fourth-order valence-electron chi connectivity index (χ4n) is 3.21. The number of thiazole rings is 1. The zero-order valence-corrected chi connectivity index (χ0v) is 18.7. The zero-order valence-electron chi connectivity index (χ0n) is 17.8. The number of nitrogens with zero attached hydrogens (tertiary/aromatic N) is 3. The van der Waals surface area contributed by atoms with Crippen LogP contribution in [0.2, 0.25) is 0 Å². The first-order chi connectivity index (χ1) is 14.5. The van der Waals surface area contributed by atoms with E-state index in [1.54, 1.807) is 36.3 Å². The van der Waals surface area contributed by atoms with Crippen molar-refractivity contribution in [3.05, 3.63) is 53.6 Å². The van der Waals surface area contributed by atoms with Crippen molar-refractivity contribution in [2.45, 2.75) is 20.8 Å². The molecule has 1 amide bonds. The number of benzene rings is 2. The minimum absolute atomic E-state index is 0.0208. The minimum Gasteiger partial charge on any atom is -0.497 e. The molecule has 158 valence electrons. The van der Waals surface area contributed by atoms with Gasteiger partial charge in [0.05, 0.1) is 17.3 Å². The summed E-state index contributed by atoms with van der Waals surface area (Å²) in [5.74, 6) is 0.593. The van der Waals surface area contributed by atoms with E-state index in [0.29, 0.717) is 22.8 Å². The van der Waals surface area contributed by atoms with E-state index in [2.05, 4.69) is 18.7 Å². The molecule has 0 spiro atoms. The van der Waals surface area contributed by atoms with Crippen LogP contribution < -0.4 is 9.64 Å². The summed E-state index contributed by atoms with van der Waals surface area (Å²) in [4.78, 5) is 33.7. The van der Waals surface area contributed by atoms with Crippen LogP contribution >= 0.6 is 11.3 Å². The summed E-state index contributed by atoms with van der Waals surface area (Å²) in [7, 11) is 1.62. The number of ketones is 1. The molecule has 6 nitrogen and oxygen atoms in total. The molecule has 0 atom stereocenters. The molecule has 0 radical (unpaired) electrons. The summed E-state index contributed by atoms with van der Waals surface area (Å²) in [6, 6.07) is 12.5. The van der Waals surface area contributed by atoms with Crippen LogP contribution in [0.25, 0.3) is 10.2 Å². The Labute approximate surface area is 181 Å². The van der Waals surface area contributed by atoms with Gasteiger partial charge in [0.2, 0.25) is 0 Å². The van der Waals surface area contributed by atoms with E-state index >= 15 is 0 Å². The van der Waals surface area contributed by atoms with Crippen LogP contribution in [0.3, 0.4) is 0 Å². The standard InChI is InChI=1S/C23H27N3O3S/c1-5-25(6-2)13-14-26(22(28)18-9-7-17(8-10-18)16(3)27)23-24-20-15-19(29-4)11-12-21(20)30-23/h7-12,15H,5-6,13-14H2,1-4H3. The number of hydrogen-bond acceptors (Lipinski definition) is 6. The van der Waals surface area contributed by atoms with Gasteiger partial charge in [0.1, 0.15) is 5.75 Å². The number of fused-ring (bicyclic) bond motifs is 1. The van der Waals surface area contributed by atoms with E-state index in [4.69, 9.17) is 9.72 Å². The molecule has 30 heavy (non-hydrogen) atoms. The second kappa shape index (κ2) is 9.82. The number of amides is 1. The van der Waals surface area contributed by atoms with Crippen LogP contribution in [0, 0.1) is 0 Å². The van der Waals surface area contributed by atoms with E-state index in [0.717, 1.165) is 35.6 Å². The van der Waals surface area contributed by atoms with Gasteiger partial charge in [-0.15, -0.1) is 0 Å². The predicted octanol–water partition coefficient (Wildman–Crippen LogP) is 4.50. The Morgan fingerprint density at radius 1 is 1.00 bits per heavy atom. The van der Waals surface area contributed by atoms with Crippen LogP contribution in [0.1, 0.15) is 41.5 Å². The summed E-state index contributed by atoms with van der Waals surface area (Å²) in [6.07, 6.45) is 0. The maximum Gasteiger partial charge on any atom is 0.260 e. The van der Waals surface area contributed by atoms with Crippen molar-refractivity contribution < 1.29 is 14.3 Å². The highest BCUT2D eigenvalue weighted by molar-refractivity contribution is 7.22. The van der Waals surface area contributed by atoms with Crippen molar-refractivity contribution in [1.82, 2.24) is 9.88 Å². The number of hydrogen-bond donors (Lipinski definition) is 0. The third kappa shape index (κ3) is 4.86. The van der Waals surface area contributed by atoms with Gasteiger partial charge in [0.25, 0.3) is 5.91 Å². The highest BCUT2D eigenvalue weighted by atomic mass is 32.1. The maximum absolute atomic E-state index is 13.4. The van der Waals surface area contributed by atoms with E-state index in [1.807, 2.05) is 18.2 Å². The van der Waals surface area contributed by atoms with Gasteiger partial charge in [-0.1, -0.05) is 37.3 Å². The molecule has 3 rings (SSSR count). The number of methoxy groups -OCH3 is 1. The molecule has 0 aliphatic rings. The topological polar surface area (TPSA) is 62.7 Å². The molecule has 0 bridgehead atoms. The molecule has 7 heteroatoms. The van der Waals surface area contributed by atoms with Gasteiger partial charge in [-0.3, -0.25) is 14.5 Å². The molecular weight excluding hydrogens is 398 g/mol. The van der Waals surface area contributed by atoms with Crippen LogP contribution in [0.5, 0.6) is 5.75 Å². The predicted molar refractivity (Wildman–Crippen MR) is 122 cm³/mol. The summed E-state index contributed by atoms with van der Waals surface area (Å²) in [5.41, 5.74) is 1.94.